The minimum atomic E-state index is -1.13. The van der Waals surface area contributed by atoms with Crippen molar-refractivity contribution in [3.8, 4) is 11.5 Å². The van der Waals surface area contributed by atoms with E-state index in [1.165, 1.54) is 13.0 Å². The summed E-state index contributed by atoms with van der Waals surface area (Å²) in [6.45, 7) is 3.45. The Morgan fingerprint density at radius 2 is 2.26 bits per heavy atom. The van der Waals surface area contributed by atoms with Crippen LogP contribution in [0.15, 0.2) is 10.5 Å². The highest BCUT2D eigenvalue weighted by atomic mass is 79.9. The highest BCUT2D eigenvalue weighted by Crippen LogP contribution is 2.42. The van der Waals surface area contributed by atoms with E-state index >= 15 is 0 Å². The summed E-state index contributed by atoms with van der Waals surface area (Å²) in [4.78, 5) is 21.7. The fraction of sp³-hybridized carbons (Fsp3) is 0.333. The highest BCUT2D eigenvalue weighted by molar-refractivity contribution is 9.10. The SMILES string of the molecule is CCOc1cc(C=O)c(Br)c(Cl)c1OC(C)C(=O)O. The Morgan fingerprint density at radius 1 is 1.63 bits per heavy atom. The molecule has 0 aromatic heterocycles. The summed E-state index contributed by atoms with van der Waals surface area (Å²) >= 11 is 9.22. The van der Waals surface area contributed by atoms with Crippen LogP contribution in [0.25, 0.3) is 0 Å². The van der Waals surface area contributed by atoms with Crippen LogP contribution in [-0.4, -0.2) is 30.1 Å². The topological polar surface area (TPSA) is 72.8 Å². The van der Waals surface area contributed by atoms with Crippen LogP contribution >= 0.6 is 27.5 Å². The molecule has 7 heteroatoms. The third kappa shape index (κ3) is 3.61. The summed E-state index contributed by atoms with van der Waals surface area (Å²) in [5, 5.41) is 8.95. The van der Waals surface area contributed by atoms with Crippen molar-refractivity contribution in [2.75, 3.05) is 6.61 Å². The van der Waals surface area contributed by atoms with Crippen molar-refractivity contribution in [1.29, 1.82) is 0 Å². The molecule has 0 aliphatic carbocycles. The number of carbonyl (C=O) groups excluding carboxylic acids is 1. The lowest BCUT2D eigenvalue weighted by Gasteiger charge is -2.17. The lowest BCUT2D eigenvalue weighted by Crippen LogP contribution is -2.23. The van der Waals surface area contributed by atoms with E-state index in [4.69, 9.17) is 26.2 Å². The van der Waals surface area contributed by atoms with Gasteiger partial charge in [0.05, 0.1) is 11.1 Å². The molecule has 1 aromatic carbocycles. The summed E-state index contributed by atoms with van der Waals surface area (Å²) in [6, 6.07) is 1.44. The minimum absolute atomic E-state index is 0.0934. The quantitative estimate of drug-likeness (QED) is 0.797. The van der Waals surface area contributed by atoms with Crippen LogP contribution in [0.3, 0.4) is 0 Å². The summed E-state index contributed by atoms with van der Waals surface area (Å²) in [5.74, 6) is -0.809. The Morgan fingerprint density at radius 3 is 2.74 bits per heavy atom. The van der Waals surface area contributed by atoms with E-state index in [2.05, 4.69) is 15.9 Å². The van der Waals surface area contributed by atoms with Gasteiger partial charge in [-0.3, -0.25) is 4.79 Å². The van der Waals surface area contributed by atoms with Crippen molar-refractivity contribution in [3.63, 3.8) is 0 Å². The molecule has 0 bridgehead atoms. The fourth-order valence-corrected chi connectivity index (χ4v) is 1.92. The summed E-state index contributed by atoms with van der Waals surface area (Å²) < 4.78 is 10.9. The van der Waals surface area contributed by atoms with Gasteiger partial charge in [-0.2, -0.15) is 0 Å². The molecule has 5 nitrogen and oxygen atoms in total. The van der Waals surface area contributed by atoms with Gasteiger partial charge in [-0.15, -0.1) is 0 Å². The van der Waals surface area contributed by atoms with Gasteiger partial charge in [0.15, 0.2) is 23.9 Å². The van der Waals surface area contributed by atoms with Crippen molar-refractivity contribution in [2.24, 2.45) is 0 Å². The lowest BCUT2D eigenvalue weighted by atomic mass is 10.2. The Labute approximate surface area is 123 Å². The largest absolute Gasteiger partial charge is 0.490 e. The first kappa shape index (κ1) is 15.8. The molecule has 0 fully saturated rings. The molecule has 1 unspecified atom stereocenters. The second-order valence-corrected chi connectivity index (χ2v) is 4.74. The molecule has 0 heterocycles. The molecule has 0 aliphatic rings. The third-order valence-electron chi connectivity index (χ3n) is 2.23. The summed E-state index contributed by atoms with van der Waals surface area (Å²) in [7, 11) is 0. The van der Waals surface area contributed by atoms with Crippen molar-refractivity contribution in [1.82, 2.24) is 0 Å². The van der Waals surface area contributed by atoms with Gasteiger partial charge in [0.2, 0.25) is 0 Å². The molecular formula is C12H12BrClO5. The zero-order valence-electron chi connectivity index (χ0n) is 10.3. The average molecular weight is 352 g/mol. The molecule has 0 amide bonds. The number of hydrogen-bond acceptors (Lipinski definition) is 4. The molecule has 1 aromatic rings. The van der Waals surface area contributed by atoms with Gasteiger partial charge < -0.3 is 14.6 Å². The standard InChI is InChI=1S/C12H12BrClO5/c1-3-18-8-4-7(5-15)9(13)10(14)11(8)19-6(2)12(16)17/h4-6H,3H2,1-2H3,(H,16,17). The van der Waals surface area contributed by atoms with E-state index in [1.54, 1.807) is 6.92 Å². The number of carbonyl (C=O) groups is 2. The van der Waals surface area contributed by atoms with Crippen LogP contribution in [0.2, 0.25) is 5.02 Å². The van der Waals surface area contributed by atoms with Crippen molar-refractivity contribution >= 4 is 39.8 Å². The van der Waals surface area contributed by atoms with Gasteiger partial charge in [0.1, 0.15) is 5.02 Å². The number of rotatable bonds is 6. The minimum Gasteiger partial charge on any atom is -0.490 e. The first-order valence-corrected chi connectivity index (χ1v) is 6.58. The van der Waals surface area contributed by atoms with Crippen LogP contribution in [-0.2, 0) is 4.79 Å². The summed E-state index contributed by atoms with van der Waals surface area (Å²) in [5.41, 5.74) is 0.295. The first-order chi connectivity index (χ1) is 8.92. The average Bonchev–Trinajstić information content (AvgIpc) is 2.37. The Hall–Kier alpha value is -1.27. The van der Waals surface area contributed by atoms with E-state index in [9.17, 15) is 9.59 Å². The second-order valence-electron chi connectivity index (χ2n) is 3.57. The number of halogens is 2. The van der Waals surface area contributed by atoms with Gasteiger partial charge in [-0.05, 0) is 35.8 Å². The predicted octanol–water partition coefficient (Wildman–Crippen LogP) is 3.17. The lowest BCUT2D eigenvalue weighted by molar-refractivity contribution is -0.144. The first-order valence-electron chi connectivity index (χ1n) is 5.41. The zero-order chi connectivity index (χ0) is 14.6. The number of aliphatic carboxylic acids is 1. The van der Waals surface area contributed by atoms with Crippen molar-refractivity contribution in [3.05, 3.63) is 21.1 Å². The molecule has 0 aliphatic heterocycles. The van der Waals surface area contributed by atoms with Crippen molar-refractivity contribution < 1.29 is 24.2 Å². The molecule has 1 rings (SSSR count). The molecule has 0 spiro atoms. The molecule has 0 radical (unpaired) electrons. The van der Waals surface area contributed by atoms with Gasteiger partial charge in [-0.25, -0.2) is 4.79 Å². The van der Waals surface area contributed by atoms with Gasteiger partial charge in [0, 0.05) is 5.56 Å². The van der Waals surface area contributed by atoms with E-state index in [1.807, 2.05) is 0 Å². The zero-order valence-corrected chi connectivity index (χ0v) is 12.6. The highest BCUT2D eigenvalue weighted by Gasteiger charge is 2.22. The van der Waals surface area contributed by atoms with E-state index in [-0.39, 0.29) is 16.5 Å². The molecule has 0 saturated carbocycles. The van der Waals surface area contributed by atoms with Crippen LogP contribution in [0.5, 0.6) is 11.5 Å². The van der Waals surface area contributed by atoms with E-state index in [0.717, 1.165) is 0 Å². The van der Waals surface area contributed by atoms with Crippen LogP contribution in [0.1, 0.15) is 24.2 Å². The smallest absolute Gasteiger partial charge is 0.344 e. The number of carboxylic acid groups (broad SMARTS) is 1. The maximum Gasteiger partial charge on any atom is 0.344 e. The van der Waals surface area contributed by atoms with Crippen LogP contribution < -0.4 is 9.47 Å². The van der Waals surface area contributed by atoms with Crippen LogP contribution in [0, 0.1) is 0 Å². The third-order valence-corrected chi connectivity index (χ3v) is 3.67. The van der Waals surface area contributed by atoms with E-state index in [0.29, 0.717) is 22.9 Å². The number of ether oxygens (including phenoxy) is 2. The predicted molar refractivity (Wildman–Crippen MR) is 73.4 cm³/mol. The normalized spacial score (nSPS) is 11.8. The van der Waals surface area contributed by atoms with Crippen LogP contribution in [0.4, 0.5) is 0 Å². The Kier molecular flexibility index (Phi) is 5.62. The maximum absolute atomic E-state index is 10.9. The fourth-order valence-electron chi connectivity index (χ4n) is 1.29. The number of aldehydes is 1. The number of hydrogen-bond donors (Lipinski definition) is 1. The monoisotopic (exact) mass is 350 g/mol. The maximum atomic E-state index is 10.9. The molecule has 19 heavy (non-hydrogen) atoms. The molecule has 104 valence electrons. The van der Waals surface area contributed by atoms with Crippen molar-refractivity contribution in [2.45, 2.75) is 20.0 Å². The summed E-state index contributed by atoms with van der Waals surface area (Å²) in [6.07, 6.45) is -0.478. The van der Waals surface area contributed by atoms with Gasteiger partial charge in [-0.1, -0.05) is 11.6 Å². The number of carboxylic acids is 1. The molecule has 0 saturated heterocycles. The molecule has 1 N–H and O–H groups in total. The van der Waals surface area contributed by atoms with Gasteiger partial charge >= 0.3 is 5.97 Å². The van der Waals surface area contributed by atoms with E-state index < -0.39 is 12.1 Å². The number of benzene rings is 1. The molecular weight excluding hydrogens is 339 g/mol. The Balaban J connectivity index is 3.30. The second kappa shape index (κ2) is 6.77. The Bertz CT molecular complexity index is 503. The van der Waals surface area contributed by atoms with Gasteiger partial charge in [0.25, 0.3) is 0 Å². The molecule has 1 atom stereocenters.